The molecule has 0 saturated heterocycles. The molecule has 0 bridgehead atoms. The first-order valence-electron chi connectivity index (χ1n) is 10.5. The number of aromatic amines is 2. The standard InChI is InChI=1S/C24H24N6O2/c1-3-18-15(2)22(30-29-18)24(32)27-20(16-9-5-4-6-10-16)13-17-14-21(31)28-23(26-17)19-11-7-8-12-25-19/h4-12,14,20H,3,13H2,1-2H3,(H,27,32)(H,29,30)(H,26,28,31)/t20-/m1/s1. The molecule has 3 N–H and O–H groups in total. The number of hydrogen-bond acceptors (Lipinski definition) is 5. The molecule has 8 nitrogen and oxygen atoms in total. The van der Waals surface area contributed by atoms with E-state index >= 15 is 0 Å². The maximum Gasteiger partial charge on any atom is 0.272 e. The Kier molecular flexibility index (Phi) is 6.21. The quantitative estimate of drug-likeness (QED) is 0.418. The molecule has 0 aliphatic rings. The zero-order valence-corrected chi connectivity index (χ0v) is 17.9. The van der Waals surface area contributed by atoms with E-state index in [0.29, 0.717) is 29.3 Å². The summed E-state index contributed by atoms with van der Waals surface area (Å²) in [6, 6.07) is 16.1. The van der Waals surface area contributed by atoms with Gasteiger partial charge in [-0.3, -0.25) is 19.7 Å². The molecule has 0 aliphatic heterocycles. The van der Waals surface area contributed by atoms with Crippen LogP contribution in [0.15, 0.2) is 65.6 Å². The molecule has 1 aromatic carbocycles. The van der Waals surface area contributed by atoms with Crippen LogP contribution in [0.2, 0.25) is 0 Å². The molecule has 1 amide bonds. The minimum Gasteiger partial charge on any atom is -0.343 e. The molecular weight excluding hydrogens is 404 g/mol. The van der Waals surface area contributed by atoms with E-state index < -0.39 is 6.04 Å². The minimum absolute atomic E-state index is 0.274. The Hall–Kier alpha value is -4.07. The van der Waals surface area contributed by atoms with Crippen molar-refractivity contribution in [3.8, 4) is 11.5 Å². The van der Waals surface area contributed by atoms with Crippen molar-refractivity contribution in [2.24, 2.45) is 0 Å². The number of amides is 1. The van der Waals surface area contributed by atoms with E-state index in [9.17, 15) is 9.59 Å². The number of hydrogen-bond donors (Lipinski definition) is 3. The van der Waals surface area contributed by atoms with E-state index in [-0.39, 0.29) is 11.5 Å². The number of carbonyl (C=O) groups excluding carboxylic acids is 1. The van der Waals surface area contributed by atoms with Crippen LogP contribution < -0.4 is 10.9 Å². The molecule has 3 aromatic heterocycles. The van der Waals surface area contributed by atoms with E-state index in [2.05, 4.69) is 30.5 Å². The lowest BCUT2D eigenvalue weighted by Crippen LogP contribution is -2.31. The molecule has 162 valence electrons. The molecule has 0 radical (unpaired) electrons. The predicted molar refractivity (Wildman–Crippen MR) is 121 cm³/mol. The molecule has 0 fully saturated rings. The lowest BCUT2D eigenvalue weighted by Gasteiger charge is -2.19. The second-order valence-electron chi connectivity index (χ2n) is 7.47. The zero-order valence-electron chi connectivity index (χ0n) is 17.9. The average molecular weight is 428 g/mol. The Morgan fingerprint density at radius 3 is 2.59 bits per heavy atom. The van der Waals surface area contributed by atoms with Crippen molar-refractivity contribution < 1.29 is 4.79 Å². The largest absolute Gasteiger partial charge is 0.343 e. The number of rotatable bonds is 7. The van der Waals surface area contributed by atoms with Crippen LogP contribution in [-0.2, 0) is 12.8 Å². The molecular formula is C24H24N6O2. The SMILES string of the molecule is CCc1[nH]nc(C(=O)N[C@H](Cc2cc(=O)[nH]c(-c3ccccn3)n2)c2ccccc2)c1C. The Morgan fingerprint density at radius 1 is 1.12 bits per heavy atom. The molecule has 0 saturated carbocycles. The lowest BCUT2D eigenvalue weighted by atomic mass is 10.0. The smallest absolute Gasteiger partial charge is 0.272 e. The van der Waals surface area contributed by atoms with E-state index in [4.69, 9.17) is 0 Å². The number of carbonyl (C=O) groups is 1. The first-order chi connectivity index (χ1) is 15.5. The van der Waals surface area contributed by atoms with Gasteiger partial charge in [-0.15, -0.1) is 0 Å². The van der Waals surface area contributed by atoms with Crippen LogP contribution in [0.25, 0.3) is 11.5 Å². The van der Waals surface area contributed by atoms with Crippen LogP contribution in [0.5, 0.6) is 0 Å². The first kappa shape index (κ1) is 21.2. The molecule has 32 heavy (non-hydrogen) atoms. The van der Waals surface area contributed by atoms with Gasteiger partial charge in [0, 0.05) is 29.9 Å². The normalized spacial score (nSPS) is 11.8. The zero-order chi connectivity index (χ0) is 22.5. The summed E-state index contributed by atoms with van der Waals surface area (Å²) in [5, 5.41) is 10.2. The fraction of sp³-hybridized carbons (Fsp3) is 0.208. The van der Waals surface area contributed by atoms with Crippen molar-refractivity contribution in [1.82, 2.24) is 30.5 Å². The third kappa shape index (κ3) is 4.64. The number of H-pyrrole nitrogens is 2. The summed E-state index contributed by atoms with van der Waals surface area (Å²) in [6.45, 7) is 3.89. The predicted octanol–water partition coefficient (Wildman–Crippen LogP) is 3.14. The Bertz CT molecular complexity index is 1260. The summed E-state index contributed by atoms with van der Waals surface area (Å²) in [5.41, 5.74) is 3.90. The first-order valence-corrected chi connectivity index (χ1v) is 10.5. The van der Waals surface area contributed by atoms with Gasteiger partial charge in [0.15, 0.2) is 11.5 Å². The number of benzene rings is 1. The van der Waals surface area contributed by atoms with Gasteiger partial charge < -0.3 is 10.3 Å². The average Bonchev–Trinajstić information content (AvgIpc) is 3.20. The van der Waals surface area contributed by atoms with E-state index in [0.717, 1.165) is 23.2 Å². The van der Waals surface area contributed by atoms with E-state index in [1.54, 1.807) is 18.3 Å². The van der Waals surface area contributed by atoms with Gasteiger partial charge in [0.2, 0.25) is 0 Å². The number of aryl methyl sites for hydroxylation is 1. The molecule has 8 heteroatoms. The van der Waals surface area contributed by atoms with Crippen molar-refractivity contribution in [3.63, 3.8) is 0 Å². The monoisotopic (exact) mass is 428 g/mol. The Balaban J connectivity index is 1.65. The van der Waals surface area contributed by atoms with Gasteiger partial charge in [-0.1, -0.05) is 43.3 Å². The summed E-state index contributed by atoms with van der Waals surface area (Å²) in [6.07, 6.45) is 2.75. The van der Waals surface area contributed by atoms with Gasteiger partial charge >= 0.3 is 0 Å². The van der Waals surface area contributed by atoms with Crippen molar-refractivity contribution in [2.75, 3.05) is 0 Å². The number of pyridine rings is 1. The van der Waals surface area contributed by atoms with Crippen LogP contribution in [0, 0.1) is 6.92 Å². The molecule has 1 atom stereocenters. The number of nitrogens with one attached hydrogen (secondary N) is 3. The van der Waals surface area contributed by atoms with Gasteiger partial charge in [0.1, 0.15) is 5.69 Å². The Morgan fingerprint density at radius 2 is 1.91 bits per heavy atom. The van der Waals surface area contributed by atoms with E-state index in [1.807, 2.05) is 50.2 Å². The topological polar surface area (TPSA) is 116 Å². The molecule has 0 aliphatic carbocycles. The highest BCUT2D eigenvalue weighted by Gasteiger charge is 2.21. The summed E-state index contributed by atoms with van der Waals surface area (Å²) < 4.78 is 0. The number of aromatic nitrogens is 5. The molecule has 4 rings (SSSR count). The van der Waals surface area contributed by atoms with E-state index in [1.165, 1.54) is 6.07 Å². The molecule has 0 spiro atoms. The maximum absolute atomic E-state index is 13.0. The van der Waals surface area contributed by atoms with Crippen LogP contribution >= 0.6 is 0 Å². The summed E-state index contributed by atoms with van der Waals surface area (Å²) in [4.78, 5) is 36.9. The molecule has 0 unspecified atom stereocenters. The lowest BCUT2D eigenvalue weighted by molar-refractivity contribution is 0.0930. The van der Waals surface area contributed by atoms with Crippen LogP contribution in [0.4, 0.5) is 0 Å². The van der Waals surface area contributed by atoms with Crippen LogP contribution in [-0.4, -0.2) is 31.1 Å². The van der Waals surface area contributed by atoms with Crippen molar-refractivity contribution in [3.05, 3.63) is 99.4 Å². The highest BCUT2D eigenvalue weighted by atomic mass is 16.2. The van der Waals surface area contributed by atoms with Crippen molar-refractivity contribution >= 4 is 5.91 Å². The van der Waals surface area contributed by atoms with Gasteiger partial charge in [-0.2, -0.15) is 5.10 Å². The highest BCUT2D eigenvalue weighted by molar-refractivity contribution is 5.94. The third-order valence-corrected chi connectivity index (χ3v) is 5.30. The molecule has 3 heterocycles. The number of nitrogens with zero attached hydrogens (tertiary/aromatic N) is 3. The van der Waals surface area contributed by atoms with Crippen molar-refractivity contribution in [2.45, 2.75) is 32.7 Å². The van der Waals surface area contributed by atoms with Gasteiger partial charge in [-0.25, -0.2) is 4.98 Å². The van der Waals surface area contributed by atoms with Crippen LogP contribution in [0.1, 0.15) is 46.0 Å². The minimum atomic E-state index is -0.393. The van der Waals surface area contributed by atoms with Gasteiger partial charge in [-0.05, 0) is 31.0 Å². The van der Waals surface area contributed by atoms with Crippen LogP contribution in [0.3, 0.4) is 0 Å². The second-order valence-corrected chi connectivity index (χ2v) is 7.47. The Labute approximate surface area is 185 Å². The molecule has 4 aromatic rings. The third-order valence-electron chi connectivity index (χ3n) is 5.30. The summed E-state index contributed by atoms with van der Waals surface area (Å²) in [7, 11) is 0. The fourth-order valence-corrected chi connectivity index (χ4v) is 3.61. The van der Waals surface area contributed by atoms with Gasteiger partial charge in [0.05, 0.1) is 11.7 Å². The second kappa shape index (κ2) is 9.38. The van der Waals surface area contributed by atoms with Crippen molar-refractivity contribution in [1.29, 1.82) is 0 Å². The fourth-order valence-electron chi connectivity index (χ4n) is 3.61. The summed E-state index contributed by atoms with van der Waals surface area (Å²) >= 11 is 0. The van der Waals surface area contributed by atoms with Gasteiger partial charge in [0.25, 0.3) is 11.5 Å². The highest BCUT2D eigenvalue weighted by Crippen LogP contribution is 2.20. The maximum atomic E-state index is 13.0. The summed E-state index contributed by atoms with van der Waals surface area (Å²) in [5.74, 6) is 0.115.